The summed E-state index contributed by atoms with van der Waals surface area (Å²) in [7, 11) is 0. The van der Waals surface area contributed by atoms with E-state index in [0.29, 0.717) is 16.8 Å². The summed E-state index contributed by atoms with van der Waals surface area (Å²) >= 11 is 11.7. The molecule has 0 bridgehead atoms. The highest BCUT2D eigenvalue weighted by atomic mass is 35.5. The summed E-state index contributed by atoms with van der Waals surface area (Å²) in [6.45, 7) is 5.68. The van der Waals surface area contributed by atoms with Crippen LogP contribution in [0.1, 0.15) is 32.3 Å². The molecule has 0 N–H and O–H groups in total. The van der Waals surface area contributed by atoms with Crippen LogP contribution in [0.5, 0.6) is 0 Å². The molecule has 1 aromatic rings. The van der Waals surface area contributed by atoms with Gasteiger partial charge in [0.05, 0.1) is 11.6 Å². The Morgan fingerprint density at radius 1 is 1.38 bits per heavy atom. The Bertz CT molecular complexity index is 329. The van der Waals surface area contributed by atoms with Crippen LogP contribution < -0.4 is 0 Å². The lowest BCUT2D eigenvalue weighted by atomic mass is 10.1. The molecule has 0 aliphatic heterocycles. The van der Waals surface area contributed by atoms with Gasteiger partial charge in [-0.15, -0.1) is 0 Å². The standard InChI is InChI=1S/C12H17Cl2NO/c1-9(2)4-3-5-16-8-10-7-15-12(14)6-11(10)13/h6-7,9H,3-5,8H2,1-2H3. The maximum absolute atomic E-state index is 5.99. The van der Waals surface area contributed by atoms with E-state index < -0.39 is 0 Å². The van der Waals surface area contributed by atoms with Gasteiger partial charge in [0.2, 0.25) is 0 Å². The highest BCUT2D eigenvalue weighted by molar-refractivity contribution is 6.34. The van der Waals surface area contributed by atoms with Crippen molar-refractivity contribution in [2.75, 3.05) is 6.61 Å². The fourth-order valence-corrected chi connectivity index (χ4v) is 1.74. The molecule has 0 fully saturated rings. The highest BCUT2D eigenvalue weighted by Gasteiger charge is 2.02. The minimum absolute atomic E-state index is 0.411. The molecule has 1 rings (SSSR count). The third-order valence-corrected chi connectivity index (χ3v) is 2.78. The number of pyridine rings is 1. The zero-order valence-electron chi connectivity index (χ0n) is 9.67. The SMILES string of the molecule is CC(C)CCCOCc1cnc(Cl)cc1Cl. The van der Waals surface area contributed by atoms with Crippen molar-refractivity contribution in [1.29, 1.82) is 0 Å². The van der Waals surface area contributed by atoms with Crippen LogP contribution >= 0.6 is 23.2 Å². The van der Waals surface area contributed by atoms with Crippen molar-refractivity contribution < 1.29 is 4.74 Å². The van der Waals surface area contributed by atoms with Crippen molar-refractivity contribution in [2.45, 2.75) is 33.3 Å². The predicted octanol–water partition coefficient (Wildman–Crippen LogP) is 4.34. The van der Waals surface area contributed by atoms with E-state index in [4.69, 9.17) is 27.9 Å². The molecule has 0 radical (unpaired) electrons. The third-order valence-electron chi connectivity index (χ3n) is 2.22. The van der Waals surface area contributed by atoms with Gasteiger partial charge in [0.15, 0.2) is 0 Å². The molecule has 0 aliphatic carbocycles. The van der Waals surface area contributed by atoms with Crippen LogP contribution in [0.15, 0.2) is 12.3 Å². The van der Waals surface area contributed by atoms with Crippen LogP contribution in [0.25, 0.3) is 0 Å². The predicted molar refractivity (Wildman–Crippen MR) is 68.0 cm³/mol. The van der Waals surface area contributed by atoms with Crippen LogP contribution in [0, 0.1) is 5.92 Å². The number of halogens is 2. The molecule has 0 atom stereocenters. The van der Waals surface area contributed by atoms with E-state index in [0.717, 1.165) is 24.5 Å². The molecule has 0 saturated heterocycles. The van der Waals surface area contributed by atoms with Gasteiger partial charge in [0.25, 0.3) is 0 Å². The van der Waals surface area contributed by atoms with Gasteiger partial charge in [0, 0.05) is 18.4 Å². The topological polar surface area (TPSA) is 22.1 Å². The summed E-state index contributed by atoms with van der Waals surface area (Å²) in [5.41, 5.74) is 0.885. The third kappa shape index (κ3) is 5.15. The van der Waals surface area contributed by atoms with Crippen LogP contribution in [-0.2, 0) is 11.3 Å². The Balaban J connectivity index is 2.27. The normalized spacial score (nSPS) is 11.1. The largest absolute Gasteiger partial charge is 0.377 e. The molecule has 0 aromatic carbocycles. The number of ether oxygens (including phenoxy) is 1. The van der Waals surface area contributed by atoms with E-state index in [1.54, 1.807) is 12.3 Å². The summed E-state index contributed by atoms with van der Waals surface area (Å²) < 4.78 is 5.52. The Hall–Kier alpha value is -0.310. The minimum atomic E-state index is 0.411. The molecule has 0 aliphatic rings. The van der Waals surface area contributed by atoms with Gasteiger partial charge < -0.3 is 4.74 Å². The zero-order chi connectivity index (χ0) is 12.0. The maximum Gasteiger partial charge on any atom is 0.130 e. The molecule has 0 amide bonds. The van der Waals surface area contributed by atoms with Crippen molar-refractivity contribution in [1.82, 2.24) is 4.98 Å². The molecule has 16 heavy (non-hydrogen) atoms. The average molecular weight is 262 g/mol. The maximum atomic E-state index is 5.99. The number of hydrogen-bond acceptors (Lipinski definition) is 2. The van der Waals surface area contributed by atoms with E-state index in [1.807, 2.05) is 0 Å². The summed E-state index contributed by atoms with van der Waals surface area (Å²) in [6.07, 6.45) is 3.93. The van der Waals surface area contributed by atoms with E-state index in [1.165, 1.54) is 6.42 Å². The molecule has 1 aromatic heterocycles. The molecular weight excluding hydrogens is 245 g/mol. The number of nitrogens with zero attached hydrogens (tertiary/aromatic N) is 1. The molecule has 4 heteroatoms. The molecule has 0 unspecified atom stereocenters. The van der Waals surface area contributed by atoms with Crippen LogP contribution in [-0.4, -0.2) is 11.6 Å². The highest BCUT2D eigenvalue weighted by Crippen LogP contribution is 2.19. The molecule has 0 saturated carbocycles. The first-order chi connectivity index (χ1) is 7.59. The molecule has 0 spiro atoms. The monoisotopic (exact) mass is 261 g/mol. The van der Waals surface area contributed by atoms with Crippen molar-refractivity contribution in [3.05, 3.63) is 28.0 Å². The fraction of sp³-hybridized carbons (Fsp3) is 0.583. The van der Waals surface area contributed by atoms with Gasteiger partial charge in [-0.2, -0.15) is 0 Å². The lowest BCUT2D eigenvalue weighted by molar-refractivity contribution is 0.114. The average Bonchev–Trinajstić information content (AvgIpc) is 2.20. The Kier molecular flexibility index (Phi) is 6.10. The smallest absolute Gasteiger partial charge is 0.130 e. The van der Waals surface area contributed by atoms with E-state index in [2.05, 4.69) is 18.8 Å². The van der Waals surface area contributed by atoms with Crippen LogP contribution in [0.2, 0.25) is 10.2 Å². The van der Waals surface area contributed by atoms with Gasteiger partial charge in [-0.1, -0.05) is 37.0 Å². The van der Waals surface area contributed by atoms with E-state index in [9.17, 15) is 0 Å². The number of aromatic nitrogens is 1. The fourth-order valence-electron chi connectivity index (χ4n) is 1.32. The second-order valence-electron chi connectivity index (χ2n) is 4.19. The van der Waals surface area contributed by atoms with Gasteiger partial charge in [-0.3, -0.25) is 0 Å². The van der Waals surface area contributed by atoms with Gasteiger partial charge in [-0.05, 0) is 24.8 Å². The van der Waals surface area contributed by atoms with E-state index >= 15 is 0 Å². The first-order valence-electron chi connectivity index (χ1n) is 5.47. The number of hydrogen-bond donors (Lipinski definition) is 0. The Labute approximate surface area is 107 Å². The summed E-state index contributed by atoms with van der Waals surface area (Å²) in [5.74, 6) is 0.726. The Morgan fingerprint density at radius 2 is 2.12 bits per heavy atom. The first kappa shape index (κ1) is 13.8. The quantitative estimate of drug-likeness (QED) is 0.562. The minimum Gasteiger partial charge on any atom is -0.377 e. The molecule has 90 valence electrons. The van der Waals surface area contributed by atoms with Crippen molar-refractivity contribution in [2.24, 2.45) is 5.92 Å². The van der Waals surface area contributed by atoms with Crippen molar-refractivity contribution >= 4 is 23.2 Å². The van der Waals surface area contributed by atoms with Crippen molar-refractivity contribution in [3.63, 3.8) is 0 Å². The number of rotatable bonds is 6. The van der Waals surface area contributed by atoms with Gasteiger partial charge >= 0.3 is 0 Å². The van der Waals surface area contributed by atoms with Crippen LogP contribution in [0.3, 0.4) is 0 Å². The van der Waals surface area contributed by atoms with Crippen molar-refractivity contribution in [3.8, 4) is 0 Å². The van der Waals surface area contributed by atoms with E-state index in [-0.39, 0.29) is 0 Å². The zero-order valence-corrected chi connectivity index (χ0v) is 11.2. The Morgan fingerprint density at radius 3 is 2.75 bits per heavy atom. The second-order valence-corrected chi connectivity index (χ2v) is 4.98. The van der Waals surface area contributed by atoms with Crippen LogP contribution in [0.4, 0.5) is 0 Å². The lowest BCUT2D eigenvalue weighted by Crippen LogP contribution is -1.98. The molecule has 2 nitrogen and oxygen atoms in total. The summed E-state index contributed by atoms with van der Waals surface area (Å²) in [6, 6.07) is 1.63. The first-order valence-corrected chi connectivity index (χ1v) is 6.23. The molecular formula is C12H17Cl2NO. The van der Waals surface area contributed by atoms with Gasteiger partial charge in [-0.25, -0.2) is 4.98 Å². The summed E-state index contributed by atoms with van der Waals surface area (Å²) in [4.78, 5) is 3.97. The molecule has 1 heterocycles. The second kappa shape index (κ2) is 7.10. The summed E-state index contributed by atoms with van der Waals surface area (Å²) in [5, 5.41) is 1.03. The van der Waals surface area contributed by atoms with Gasteiger partial charge in [0.1, 0.15) is 5.15 Å². The lowest BCUT2D eigenvalue weighted by Gasteiger charge is -2.07.